The normalized spacial score (nSPS) is 10.9. The van der Waals surface area contributed by atoms with E-state index >= 15 is 0 Å². The molecule has 0 saturated carbocycles. The van der Waals surface area contributed by atoms with Crippen molar-refractivity contribution in [2.45, 2.75) is 26.4 Å². The van der Waals surface area contributed by atoms with Crippen LogP contribution in [0.1, 0.15) is 31.1 Å². The van der Waals surface area contributed by atoms with Gasteiger partial charge >= 0.3 is 12.1 Å². The molecule has 0 atom stereocenters. The van der Waals surface area contributed by atoms with E-state index in [1.54, 1.807) is 20.8 Å². The summed E-state index contributed by atoms with van der Waals surface area (Å²) < 4.78 is 5.38. The lowest BCUT2D eigenvalue weighted by Gasteiger charge is -2.19. The number of halogens is 1. The lowest BCUT2D eigenvalue weighted by Crippen LogP contribution is -2.27. The van der Waals surface area contributed by atoms with Gasteiger partial charge in [-0.15, -0.1) is 0 Å². The van der Waals surface area contributed by atoms with E-state index in [1.807, 2.05) is 0 Å². The number of nitrogens with zero attached hydrogens (tertiary/aromatic N) is 1. The number of carbonyl (C=O) groups excluding carboxylic acids is 1. The van der Waals surface area contributed by atoms with Crippen molar-refractivity contribution in [1.29, 1.82) is 0 Å². The minimum Gasteiger partial charge on any atom is -0.478 e. The van der Waals surface area contributed by atoms with Crippen LogP contribution in [0.15, 0.2) is 16.9 Å². The summed E-state index contributed by atoms with van der Waals surface area (Å²) in [5, 5.41) is 11.2. The average molecular weight is 317 g/mol. The molecule has 0 bridgehead atoms. The van der Waals surface area contributed by atoms with Gasteiger partial charge in [0, 0.05) is 6.20 Å². The summed E-state index contributed by atoms with van der Waals surface area (Å²) in [7, 11) is 0. The standard InChI is InChI=1S/C11H13BrN2O4/c1-11(2,3)18-10(17)14-7-4-6(9(15)16)5-13-8(7)12/h4-5H,1-3H3,(H,14,17)(H,15,16). The van der Waals surface area contributed by atoms with Gasteiger partial charge in [0.25, 0.3) is 0 Å². The van der Waals surface area contributed by atoms with Crippen molar-refractivity contribution in [3.05, 3.63) is 22.4 Å². The molecule has 98 valence electrons. The number of rotatable bonds is 2. The predicted molar refractivity (Wildman–Crippen MR) is 68.8 cm³/mol. The second kappa shape index (κ2) is 5.34. The molecule has 0 aliphatic heterocycles. The van der Waals surface area contributed by atoms with Crippen molar-refractivity contribution >= 4 is 33.7 Å². The summed E-state index contributed by atoms with van der Waals surface area (Å²) >= 11 is 3.11. The lowest BCUT2D eigenvalue weighted by atomic mass is 10.2. The molecule has 1 heterocycles. The summed E-state index contributed by atoms with van der Waals surface area (Å²) in [6, 6.07) is 1.29. The Balaban J connectivity index is 2.87. The zero-order valence-corrected chi connectivity index (χ0v) is 11.7. The molecule has 6 nitrogen and oxygen atoms in total. The maximum Gasteiger partial charge on any atom is 0.412 e. The van der Waals surface area contributed by atoms with Gasteiger partial charge < -0.3 is 9.84 Å². The number of hydrogen-bond donors (Lipinski definition) is 2. The van der Waals surface area contributed by atoms with Crippen molar-refractivity contribution in [3.8, 4) is 0 Å². The predicted octanol–water partition coefficient (Wildman–Crippen LogP) is 2.89. The summed E-state index contributed by atoms with van der Waals surface area (Å²) in [5.41, 5.74) is -0.414. The van der Waals surface area contributed by atoms with Gasteiger partial charge in [-0.3, -0.25) is 5.32 Å². The zero-order chi connectivity index (χ0) is 13.9. The van der Waals surface area contributed by atoms with Crippen LogP contribution in [0, 0.1) is 0 Å². The minimum atomic E-state index is -1.12. The average Bonchev–Trinajstić information content (AvgIpc) is 2.18. The van der Waals surface area contributed by atoms with Gasteiger partial charge in [-0.25, -0.2) is 14.6 Å². The first-order chi connectivity index (χ1) is 8.19. The van der Waals surface area contributed by atoms with Crippen LogP contribution in [-0.2, 0) is 4.74 Å². The Hall–Kier alpha value is -1.63. The van der Waals surface area contributed by atoms with E-state index in [9.17, 15) is 9.59 Å². The smallest absolute Gasteiger partial charge is 0.412 e. The van der Waals surface area contributed by atoms with E-state index in [0.717, 1.165) is 0 Å². The Morgan fingerprint density at radius 2 is 2.06 bits per heavy atom. The fraction of sp³-hybridized carbons (Fsp3) is 0.364. The Bertz CT molecular complexity index is 482. The van der Waals surface area contributed by atoms with E-state index in [1.165, 1.54) is 12.3 Å². The van der Waals surface area contributed by atoms with Crippen molar-refractivity contribution in [2.75, 3.05) is 5.32 Å². The summed E-state index contributed by atoms with van der Waals surface area (Å²) in [6.45, 7) is 5.19. The van der Waals surface area contributed by atoms with Gasteiger partial charge in [-0.1, -0.05) is 0 Å². The first kappa shape index (κ1) is 14.4. The molecule has 1 aromatic heterocycles. The first-order valence-corrected chi connectivity index (χ1v) is 5.87. The maximum absolute atomic E-state index is 11.5. The first-order valence-electron chi connectivity index (χ1n) is 5.08. The molecular weight excluding hydrogens is 304 g/mol. The van der Waals surface area contributed by atoms with Crippen LogP contribution in [0.2, 0.25) is 0 Å². The summed E-state index contributed by atoms with van der Waals surface area (Å²) in [6.07, 6.45) is 0.514. The number of hydrogen-bond acceptors (Lipinski definition) is 4. The van der Waals surface area contributed by atoms with Crippen LogP contribution in [-0.4, -0.2) is 27.8 Å². The number of anilines is 1. The zero-order valence-electron chi connectivity index (χ0n) is 10.2. The molecule has 0 fully saturated rings. The Morgan fingerprint density at radius 3 is 2.56 bits per heavy atom. The summed E-state index contributed by atoms with van der Waals surface area (Å²) in [4.78, 5) is 26.1. The number of carbonyl (C=O) groups is 2. The molecule has 0 unspecified atom stereocenters. The Labute approximate surface area is 112 Å². The molecule has 0 aliphatic carbocycles. The van der Waals surface area contributed by atoms with Crippen molar-refractivity contribution in [1.82, 2.24) is 4.98 Å². The Morgan fingerprint density at radius 1 is 1.44 bits per heavy atom. The molecule has 0 radical (unpaired) electrons. The van der Waals surface area contributed by atoms with Gasteiger partial charge in [0.2, 0.25) is 0 Å². The molecule has 1 rings (SSSR count). The van der Waals surface area contributed by atoms with E-state index in [0.29, 0.717) is 4.60 Å². The van der Waals surface area contributed by atoms with E-state index in [2.05, 4.69) is 26.2 Å². The molecule has 18 heavy (non-hydrogen) atoms. The topological polar surface area (TPSA) is 88.5 Å². The highest BCUT2D eigenvalue weighted by atomic mass is 79.9. The van der Waals surface area contributed by atoms with Crippen LogP contribution in [0.25, 0.3) is 0 Å². The van der Waals surface area contributed by atoms with Gasteiger partial charge in [0.1, 0.15) is 10.2 Å². The number of nitrogens with one attached hydrogen (secondary N) is 1. The number of ether oxygens (including phenoxy) is 1. The third kappa shape index (κ3) is 4.33. The highest BCUT2D eigenvalue weighted by molar-refractivity contribution is 9.10. The van der Waals surface area contributed by atoms with Crippen molar-refractivity contribution < 1.29 is 19.4 Å². The molecule has 0 aromatic carbocycles. The molecule has 0 aliphatic rings. The number of carboxylic acids is 1. The lowest BCUT2D eigenvalue weighted by molar-refractivity contribution is 0.0632. The fourth-order valence-electron chi connectivity index (χ4n) is 1.07. The molecule has 7 heteroatoms. The number of carboxylic acid groups (broad SMARTS) is 1. The fourth-order valence-corrected chi connectivity index (χ4v) is 1.38. The molecule has 1 amide bonds. The van der Waals surface area contributed by atoms with Gasteiger partial charge in [0.05, 0.1) is 11.3 Å². The highest BCUT2D eigenvalue weighted by Gasteiger charge is 2.18. The van der Waals surface area contributed by atoms with Gasteiger partial charge in [-0.05, 0) is 42.8 Å². The van der Waals surface area contributed by atoms with Crippen molar-refractivity contribution in [2.24, 2.45) is 0 Å². The number of amides is 1. The van der Waals surface area contributed by atoms with Crippen molar-refractivity contribution in [3.63, 3.8) is 0 Å². The minimum absolute atomic E-state index is 0.0238. The largest absolute Gasteiger partial charge is 0.478 e. The van der Waals surface area contributed by atoms with Crippen LogP contribution >= 0.6 is 15.9 Å². The molecule has 0 spiro atoms. The molecule has 1 aromatic rings. The van der Waals surface area contributed by atoms with Crippen LogP contribution in [0.5, 0.6) is 0 Å². The third-order valence-electron chi connectivity index (χ3n) is 1.72. The second-order valence-electron chi connectivity index (χ2n) is 4.49. The second-order valence-corrected chi connectivity index (χ2v) is 5.25. The SMILES string of the molecule is CC(C)(C)OC(=O)Nc1cc(C(=O)O)cnc1Br. The number of pyridine rings is 1. The number of aromatic nitrogens is 1. The summed E-state index contributed by atoms with van der Waals surface area (Å²) in [5.74, 6) is -1.12. The maximum atomic E-state index is 11.5. The van der Waals surface area contributed by atoms with Crippen LogP contribution in [0.3, 0.4) is 0 Å². The van der Waals surface area contributed by atoms with E-state index < -0.39 is 17.7 Å². The van der Waals surface area contributed by atoms with Crippen LogP contribution < -0.4 is 5.32 Å². The van der Waals surface area contributed by atoms with Gasteiger partial charge in [0.15, 0.2) is 0 Å². The molecule has 0 saturated heterocycles. The quantitative estimate of drug-likeness (QED) is 0.819. The van der Waals surface area contributed by atoms with Gasteiger partial charge in [-0.2, -0.15) is 0 Å². The van der Waals surface area contributed by atoms with Crippen LogP contribution in [0.4, 0.5) is 10.5 Å². The van der Waals surface area contributed by atoms with E-state index in [-0.39, 0.29) is 11.3 Å². The highest BCUT2D eigenvalue weighted by Crippen LogP contribution is 2.21. The monoisotopic (exact) mass is 316 g/mol. The molecule has 2 N–H and O–H groups in total. The molecular formula is C11H13BrN2O4. The van der Waals surface area contributed by atoms with E-state index in [4.69, 9.17) is 9.84 Å². The Kier molecular flexibility index (Phi) is 4.28. The third-order valence-corrected chi connectivity index (χ3v) is 2.35. The number of aromatic carboxylic acids is 1.